The van der Waals surface area contributed by atoms with E-state index in [4.69, 9.17) is 21.1 Å². The molecule has 2 aromatic carbocycles. The predicted molar refractivity (Wildman–Crippen MR) is 124 cm³/mol. The molecule has 174 valence electrons. The van der Waals surface area contributed by atoms with Gasteiger partial charge in [0.05, 0.1) is 24.6 Å². The molecule has 3 rings (SSSR count). The van der Waals surface area contributed by atoms with Crippen LogP contribution >= 0.6 is 11.6 Å². The first-order valence-electron chi connectivity index (χ1n) is 10.4. The minimum absolute atomic E-state index is 0.00683. The maximum atomic E-state index is 13.9. The lowest BCUT2D eigenvalue weighted by Crippen LogP contribution is -2.68. The van der Waals surface area contributed by atoms with Gasteiger partial charge in [0.2, 0.25) is 0 Å². The van der Waals surface area contributed by atoms with Crippen LogP contribution in [0.3, 0.4) is 0 Å². The number of halogens is 1. The molecule has 0 fully saturated rings. The molecular weight excluding hydrogens is 448 g/mol. The molecule has 9 nitrogen and oxygen atoms in total. The maximum absolute atomic E-state index is 13.9. The quantitative estimate of drug-likeness (QED) is 0.636. The van der Waals surface area contributed by atoms with Gasteiger partial charge in [-0.25, -0.2) is 15.0 Å². The summed E-state index contributed by atoms with van der Waals surface area (Å²) in [6.07, 6.45) is -1.82. The summed E-state index contributed by atoms with van der Waals surface area (Å²) in [5.74, 6) is -0.536. The predicted octanol–water partition coefficient (Wildman–Crippen LogP) is 4.16. The fourth-order valence-corrected chi connectivity index (χ4v) is 3.66. The smallest absolute Gasteiger partial charge is 0.430 e. The molecule has 33 heavy (non-hydrogen) atoms. The van der Waals surface area contributed by atoms with Gasteiger partial charge in [-0.05, 0) is 50.6 Å². The summed E-state index contributed by atoms with van der Waals surface area (Å²) in [6.45, 7) is 4.98. The van der Waals surface area contributed by atoms with Gasteiger partial charge in [-0.15, -0.1) is 0 Å². The Morgan fingerprint density at radius 2 is 1.70 bits per heavy atom. The van der Waals surface area contributed by atoms with E-state index in [1.165, 1.54) is 5.01 Å². The van der Waals surface area contributed by atoms with Gasteiger partial charge in [-0.1, -0.05) is 41.9 Å². The molecule has 10 heteroatoms. The topological polar surface area (TPSA) is 101 Å². The average Bonchev–Trinajstić information content (AvgIpc) is 3.05. The molecule has 0 aliphatic carbocycles. The van der Waals surface area contributed by atoms with Gasteiger partial charge < -0.3 is 9.47 Å². The molecule has 0 radical (unpaired) electrons. The molecule has 2 aromatic rings. The Morgan fingerprint density at radius 3 is 2.30 bits per heavy atom. The number of para-hydroxylation sites is 1. The normalized spacial score (nSPS) is 17.4. The second kappa shape index (κ2) is 10.4. The number of nitrogens with zero attached hydrogens (tertiary/aromatic N) is 3. The molecule has 3 amide bonds. The van der Waals surface area contributed by atoms with Crippen LogP contribution in [0, 0.1) is 0 Å². The van der Waals surface area contributed by atoms with Crippen molar-refractivity contribution in [3.05, 3.63) is 65.2 Å². The van der Waals surface area contributed by atoms with Gasteiger partial charge in [0.1, 0.15) is 0 Å². The number of amides is 3. The minimum Gasteiger partial charge on any atom is -0.449 e. The van der Waals surface area contributed by atoms with Crippen LogP contribution in [0.4, 0.5) is 15.3 Å². The third-order valence-corrected chi connectivity index (χ3v) is 5.33. The van der Waals surface area contributed by atoms with Crippen molar-refractivity contribution in [2.24, 2.45) is 5.10 Å². The molecule has 1 aliphatic heterocycles. The van der Waals surface area contributed by atoms with Crippen molar-refractivity contribution in [1.29, 1.82) is 0 Å². The van der Waals surface area contributed by atoms with Crippen molar-refractivity contribution in [3.63, 3.8) is 0 Å². The van der Waals surface area contributed by atoms with Crippen LogP contribution in [-0.4, -0.2) is 47.6 Å². The molecule has 1 heterocycles. The van der Waals surface area contributed by atoms with E-state index >= 15 is 0 Å². The van der Waals surface area contributed by atoms with Gasteiger partial charge in [0, 0.05) is 11.4 Å². The molecule has 0 aromatic heterocycles. The fourth-order valence-electron chi connectivity index (χ4n) is 3.53. The van der Waals surface area contributed by atoms with Crippen LogP contribution in [0.5, 0.6) is 0 Å². The van der Waals surface area contributed by atoms with Crippen molar-refractivity contribution in [2.45, 2.75) is 32.7 Å². The number of carbonyl (C=O) groups is 3. The van der Waals surface area contributed by atoms with Gasteiger partial charge in [-0.3, -0.25) is 4.79 Å². The molecule has 1 aliphatic rings. The first kappa shape index (κ1) is 24.1. The van der Waals surface area contributed by atoms with Crippen LogP contribution in [0.15, 0.2) is 59.7 Å². The molecule has 0 spiro atoms. The zero-order valence-electron chi connectivity index (χ0n) is 18.6. The third-order valence-electron chi connectivity index (χ3n) is 5.08. The number of hydrogen-bond donors (Lipinski definition) is 1. The Hall–Kier alpha value is -3.59. The number of hydrazine groups is 1. The second-order valence-corrected chi connectivity index (χ2v) is 7.60. The van der Waals surface area contributed by atoms with E-state index in [1.807, 2.05) is 6.07 Å². The average molecular weight is 473 g/mol. The zero-order valence-corrected chi connectivity index (χ0v) is 19.3. The van der Waals surface area contributed by atoms with E-state index in [0.717, 1.165) is 5.01 Å². The van der Waals surface area contributed by atoms with Crippen LogP contribution in [0.2, 0.25) is 5.02 Å². The zero-order chi connectivity index (χ0) is 24.0. The van der Waals surface area contributed by atoms with E-state index in [1.54, 1.807) is 69.3 Å². The van der Waals surface area contributed by atoms with Gasteiger partial charge in [-0.2, -0.15) is 15.1 Å². The summed E-state index contributed by atoms with van der Waals surface area (Å²) in [7, 11) is 0. The summed E-state index contributed by atoms with van der Waals surface area (Å²) >= 11 is 6.02. The van der Waals surface area contributed by atoms with Gasteiger partial charge in [0.15, 0.2) is 5.54 Å². The lowest BCUT2D eigenvalue weighted by atomic mass is 9.85. The lowest BCUT2D eigenvalue weighted by molar-refractivity contribution is -0.126. The highest BCUT2D eigenvalue weighted by atomic mass is 35.5. The van der Waals surface area contributed by atoms with E-state index in [-0.39, 0.29) is 25.3 Å². The molecule has 0 saturated carbocycles. The Kier molecular flexibility index (Phi) is 7.55. The maximum Gasteiger partial charge on any atom is 0.430 e. The van der Waals surface area contributed by atoms with Crippen LogP contribution in [-0.2, 0) is 20.7 Å². The summed E-state index contributed by atoms with van der Waals surface area (Å²) in [6, 6.07) is 15.6. The van der Waals surface area contributed by atoms with E-state index < -0.39 is 23.6 Å². The largest absolute Gasteiger partial charge is 0.449 e. The van der Waals surface area contributed by atoms with Crippen LogP contribution in [0.25, 0.3) is 0 Å². The number of hydrogen-bond acceptors (Lipinski definition) is 6. The van der Waals surface area contributed by atoms with Crippen molar-refractivity contribution in [1.82, 2.24) is 10.4 Å². The number of nitrogens with one attached hydrogen (secondary N) is 1. The van der Waals surface area contributed by atoms with E-state index in [9.17, 15) is 14.4 Å². The highest BCUT2D eigenvalue weighted by molar-refractivity contribution is 6.30. The molecule has 1 N–H and O–H groups in total. The second-order valence-electron chi connectivity index (χ2n) is 7.17. The van der Waals surface area contributed by atoms with Gasteiger partial charge in [0.25, 0.3) is 5.91 Å². The number of anilines is 1. The Balaban J connectivity index is 2.13. The van der Waals surface area contributed by atoms with E-state index in [0.29, 0.717) is 16.3 Å². The van der Waals surface area contributed by atoms with Crippen LogP contribution in [0.1, 0.15) is 26.3 Å². The molecular formula is C23H25ClN4O5. The lowest BCUT2D eigenvalue weighted by Gasteiger charge is -2.38. The Morgan fingerprint density at radius 1 is 1.06 bits per heavy atom. The highest BCUT2D eigenvalue weighted by Crippen LogP contribution is 2.34. The SMILES string of the molecule is CCOC(=O)NN(C(=O)OCC)[C@@]1(Cc2ccc(Cl)cc2)C(=O)N(c2ccccc2)N=C1C. The van der Waals surface area contributed by atoms with Crippen molar-refractivity contribution in [3.8, 4) is 0 Å². The summed E-state index contributed by atoms with van der Waals surface area (Å²) in [5.41, 5.74) is 2.18. The van der Waals surface area contributed by atoms with Gasteiger partial charge >= 0.3 is 12.2 Å². The van der Waals surface area contributed by atoms with Crippen molar-refractivity contribution in [2.75, 3.05) is 18.2 Å². The van der Waals surface area contributed by atoms with Crippen molar-refractivity contribution >= 4 is 41.1 Å². The number of ether oxygens (including phenoxy) is 2. The monoisotopic (exact) mass is 472 g/mol. The Bertz CT molecular complexity index is 1040. The number of rotatable bonds is 6. The number of carbonyl (C=O) groups excluding carboxylic acids is 3. The minimum atomic E-state index is -1.71. The number of hydrazone groups is 1. The molecule has 0 unspecified atom stereocenters. The fraction of sp³-hybridized carbons (Fsp3) is 0.304. The van der Waals surface area contributed by atoms with Crippen LogP contribution < -0.4 is 10.4 Å². The molecule has 0 bridgehead atoms. The first-order chi connectivity index (χ1) is 15.8. The standard InChI is InChI=1S/C23H25ClN4O5/c1-4-32-21(30)26-28(22(31)33-5-2)23(15-17-11-13-18(24)14-12-17)16(3)25-27(20(23)29)19-9-7-6-8-10-19/h6-14H,4-5,15H2,1-3H3,(H,26,30)/t23-/m1/s1. The first-order valence-corrected chi connectivity index (χ1v) is 10.8. The summed E-state index contributed by atoms with van der Waals surface area (Å²) in [5, 5.41) is 7.06. The summed E-state index contributed by atoms with van der Waals surface area (Å²) in [4.78, 5) is 39.3. The third kappa shape index (κ3) is 4.93. The van der Waals surface area contributed by atoms with Crippen molar-refractivity contribution < 1.29 is 23.9 Å². The highest BCUT2D eigenvalue weighted by Gasteiger charge is 2.57. The Labute approximate surface area is 196 Å². The molecule has 0 saturated heterocycles. The summed E-state index contributed by atoms with van der Waals surface area (Å²) < 4.78 is 10.2. The number of benzene rings is 2. The molecule has 1 atom stereocenters. The van der Waals surface area contributed by atoms with E-state index in [2.05, 4.69) is 10.5 Å².